The highest BCUT2D eigenvalue weighted by molar-refractivity contribution is 5.86. The minimum Gasteiger partial charge on any atom is -0.491 e. The van der Waals surface area contributed by atoms with Crippen LogP contribution in [0.4, 0.5) is 10.5 Å². The van der Waals surface area contributed by atoms with E-state index in [-0.39, 0.29) is 13.2 Å². The van der Waals surface area contributed by atoms with Crippen LogP contribution >= 0.6 is 0 Å². The summed E-state index contributed by atoms with van der Waals surface area (Å²) in [5.74, 6) is -0.325. The highest BCUT2D eigenvalue weighted by Gasteiger charge is 2.34. The summed E-state index contributed by atoms with van der Waals surface area (Å²) in [5.41, 5.74) is 2.02. The zero-order valence-electron chi connectivity index (χ0n) is 17.7. The second-order valence-electron chi connectivity index (χ2n) is 7.34. The first-order chi connectivity index (χ1) is 15.3. The lowest BCUT2D eigenvalue weighted by Gasteiger charge is -2.32. The number of anilines is 1. The number of carbonyl (C=O) groups is 2. The van der Waals surface area contributed by atoms with Crippen LogP contribution in [0.5, 0.6) is 5.75 Å². The maximum atomic E-state index is 12.7. The number of nitriles is 1. The molecule has 0 heterocycles. The third-order valence-electron chi connectivity index (χ3n) is 4.49. The predicted octanol–water partition coefficient (Wildman–Crippen LogP) is 3.31. The van der Waals surface area contributed by atoms with E-state index in [4.69, 9.17) is 25.0 Å². The van der Waals surface area contributed by atoms with Crippen LogP contribution in [0, 0.1) is 16.7 Å². The van der Waals surface area contributed by atoms with E-state index in [1.54, 1.807) is 62.4 Å². The van der Waals surface area contributed by atoms with Crippen LogP contribution in [0.15, 0.2) is 60.7 Å². The molecule has 32 heavy (non-hydrogen) atoms. The average Bonchev–Trinajstić information content (AvgIpc) is 2.80. The topological polar surface area (TPSA) is 141 Å². The molecule has 168 valence electrons. The largest absolute Gasteiger partial charge is 0.491 e. The summed E-state index contributed by atoms with van der Waals surface area (Å²) >= 11 is 0. The van der Waals surface area contributed by atoms with Crippen LogP contribution < -0.4 is 15.5 Å². The Morgan fingerprint density at radius 1 is 1.19 bits per heavy atom. The van der Waals surface area contributed by atoms with Crippen molar-refractivity contribution < 1.29 is 29.4 Å². The molecule has 0 aliphatic rings. The number of hydrogen-bond donors (Lipinski definition) is 4. The average molecular weight is 439 g/mol. The molecule has 0 aromatic heterocycles. The minimum absolute atomic E-state index is 0.0460. The van der Waals surface area contributed by atoms with E-state index in [9.17, 15) is 9.59 Å². The van der Waals surface area contributed by atoms with Gasteiger partial charge in [0, 0.05) is 22.7 Å². The fourth-order valence-electron chi connectivity index (χ4n) is 2.90. The minimum atomic E-state index is -0.910. The van der Waals surface area contributed by atoms with Crippen molar-refractivity contribution in [2.75, 3.05) is 18.5 Å². The molecule has 0 aliphatic carbocycles. The number of carbonyl (C=O) groups excluding carboxylic acids is 2. The Kier molecular flexibility index (Phi) is 8.77. The molecule has 2 rings (SSSR count). The van der Waals surface area contributed by atoms with Crippen molar-refractivity contribution in [3.8, 4) is 11.8 Å². The molecule has 2 aromatic carbocycles. The normalized spacial score (nSPS) is 12.0. The number of hydroxylamine groups is 1. The number of aliphatic hydroxyl groups is 1. The Bertz CT molecular complexity index is 996. The number of hydrogen-bond acceptors (Lipinski definition) is 7. The molecule has 0 unspecified atom stereocenters. The van der Waals surface area contributed by atoms with Gasteiger partial charge in [-0.05, 0) is 30.3 Å². The first-order valence-corrected chi connectivity index (χ1v) is 9.74. The molecule has 0 saturated heterocycles. The van der Waals surface area contributed by atoms with Gasteiger partial charge in [0.15, 0.2) is 0 Å². The van der Waals surface area contributed by atoms with E-state index in [0.717, 1.165) is 6.08 Å². The van der Waals surface area contributed by atoms with Gasteiger partial charge in [0.05, 0.1) is 18.2 Å². The third-order valence-corrected chi connectivity index (χ3v) is 4.49. The molecule has 0 aliphatic heterocycles. The standard InChI is InChI=1S/C23H25N3O6/c1-23(2,12-11-20(28)26-30)21(18-5-3-4-6-19(18)31-14-13-27)32-22(29)25-17-9-7-16(15-24)8-10-17/h3-12,21,27,30H,13-14H2,1-2H3,(H,25,29)(H,26,28)/b12-11+/t21-/m0/s1. The third kappa shape index (κ3) is 6.84. The van der Waals surface area contributed by atoms with Crippen molar-refractivity contribution in [2.24, 2.45) is 5.41 Å². The number of benzene rings is 2. The summed E-state index contributed by atoms with van der Waals surface area (Å²) in [6.45, 7) is 3.34. The Morgan fingerprint density at radius 2 is 1.88 bits per heavy atom. The van der Waals surface area contributed by atoms with E-state index < -0.39 is 23.5 Å². The first kappa shape index (κ1) is 24.4. The maximum Gasteiger partial charge on any atom is 0.412 e. The Balaban J connectivity index is 2.35. The summed E-state index contributed by atoms with van der Waals surface area (Å²) in [6.07, 6.45) is 0.968. The van der Waals surface area contributed by atoms with Crippen LogP contribution in [-0.2, 0) is 9.53 Å². The van der Waals surface area contributed by atoms with Crippen LogP contribution in [0.1, 0.15) is 31.1 Å². The molecule has 9 nitrogen and oxygen atoms in total. The van der Waals surface area contributed by atoms with Crippen molar-refractivity contribution in [3.63, 3.8) is 0 Å². The Morgan fingerprint density at radius 3 is 2.50 bits per heavy atom. The van der Waals surface area contributed by atoms with Crippen molar-refractivity contribution in [1.82, 2.24) is 5.48 Å². The molecule has 4 N–H and O–H groups in total. The molecule has 0 spiro atoms. The van der Waals surface area contributed by atoms with Crippen LogP contribution in [0.3, 0.4) is 0 Å². The molecule has 0 bridgehead atoms. The number of rotatable bonds is 9. The van der Waals surface area contributed by atoms with Crippen LogP contribution in [0.2, 0.25) is 0 Å². The SMILES string of the molecule is CC(C)(/C=C/C(=O)NO)[C@@H](OC(=O)Nc1ccc(C#N)cc1)c1ccccc1OCCO. The smallest absolute Gasteiger partial charge is 0.412 e. The van der Waals surface area contributed by atoms with Crippen molar-refractivity contribution in [1.29, 1.82) is 5.26 Å². The second-order valence-corrected chi connectivity index (χ2v) is 7.34. The highest BCUT2D eigenvalue weighted by Crippen LogP contribution is 2.42. The molecule has 9 heteroatoms. The summed E-state index contributed by atoms with van der Waals surface area (Å²) in [6, 6.07) is 15.2. The van der Waals surface area contributed by atoms with Gasteiger partial charge in [0.1, 0.15) is 18.5 Å². The van der Waals surface area contributed by atoms with E-state index >= 15 is 0 Å². The lowest BCUT2D eigenvalue weighted by atomic mass is 9.81. The molecular formula is C23H25N3O6. The predicted molar refractivity (Wildman–Crippen MR) is 116 cm³/mol. The number of nitrogens with one attached hydrogen (secondary N) is 2. The van der Waals surface area contributed by atoms with Crippen molar-refractivity contribution in [3.05, 3.63) is 71.8 Å². The van der Waals surface area contributed by atoms with Crippen LogP contribution in [-0.4, -0.2) is 35.5 Å². The van der Waals surface area contributed by atoms with Crippen molar-refractivity contribution >= 4 is 17.7 Å². The second kappa shape index (κ2) is 11.5. The fraction of sp³-hybridized carbons (Fsp3) is 0.261. The lowest BCUT2D eigenvalue weighted by molar-refractivity contribution is -0.124. The molecule has 1 atom stereocenters. The maximum absolute atomic E-state index is 12.7. The quantitative estimate of drug-likeness (QED) is 0.267. The van der Waals surface area contributed by atoms with Gasteiger partial charge < -0.3 is 14.6 Å². The van der Waals surface area contributed by atoms with Gasteiger partial charge in [-0.2, -0.15) is 5.26 Å². The Labute approximate surface area is 185 Å². The van der Waals surface area contributed by atoms with E-state index in [0.29, 0.717) is 22.6 Å². The van der Waals surface area contributed by atoms with Gasteiger partial charge in [-0.1, -0.05) is 38.1 Å². The lowest BCUT2D eigenvalue weighted by Crippen LogP contribution is -2.28. The monoisotopic (exact) mass is 439 g/mol. The summed E-state index contributed by atoms with van der Waals surface area (Å²) in [5, 5.41) is 29.4. The molecular weight excluding hydrogens is 414 g/mol. The molecule has 2 aromatic rings. The number of amides is 2. The van der Waals surface area contributed by atoms with E-state index in [1.807, 2.05) is 6.07 Å². The van der Waals surface area contributed by atoms with Gasteiger partial charge >= 0.3 is 6.09 Å². The van der Waals surface area contributed by atoms with Gasteiger partial charge in [-0.3, -0.25) is 15.3 Å². The van der Waals surface area contributed by atoms with Gasteiger partial charge in [0.25, 0.3) is 5.91 Å². The Hall–Kier alpha value is -3.87. The van der Waals surface area contributed by atoms with E-state index in [2.05, 4.69) is 5.32 Å². The zero-order valence-corrected chi connectivity index (χ0v) is 17.7. The van der Waals surface area contributed by atoms with Gasteiger partial charge in [-0.15, -0.1) is 0 Å². The molecule has 2 amide bonds. The van der Waals surface area contributed by atoms with Crippen molar-refractivity contribution in [2.45, 2.75) is 20.0 Å². The number of ether oxygens (including phenoxy) is 2. The number of aliphatic hydroxyl groups excluding tert-OH is 1. The molecule has 0 saturated carbocycles. The van der Waals surface area contributed by atoms with Gasteiger partial charge in [-0.25, -0.2) is 10.3 Å². The first-order valence-electron chi connectivity index (χ1n) is 9.74. The summed E-state index contributed by atoms with van der Waals surface area (Å²) in [7, 11) is 0. The molecule has 0 radical (unpaired) electrons. The number of nitrogens with zero attached hydrogens (tertiary/aromatic N) is 1. The zero-order chi connectivity index (χ0) is 23.6. The van der Waals surface area contributed by atoms with Gasteiger partial charge in [0.2, 0.25) is 0 Å². The van der Waals surface area contributed by atoms with E-state index in [1.165, 1.54) is 11.6 Å². The highest BCUT2D eigenvalue weighted by atomic mass is 16.6. The summed E-state index contributed by atoms with van der Waals surface area (Å²) in [4.78, 5) is 24.2. The fourth-order valence-corrected chi connectivity index (χ4v) is 2.90. The van der Waals surface area contributed by atoms with Crippen LogP contribution in [0.25, 0.3) is 0 Å². The summed E-state index contributed by atoms with van der Waals surface area (Å²) < 4.78 is 11.3. The number of para-hydroxylation sites is 1. The molecule has 0 fully saturated rings.